The van der Waals surface area contributed by atoms with Gasteiger partial charge in [0, 0.05) is 23.4 Å². The van der Waals surface area contributed by atoms with Gasteiger partial charge in [-0.25, -0.2) is 0 Å². The average molecular weight is 1290 g/mol. The molecule has 0 bridgehead atoms. The van der Waals surface area contributed by atoms with E-state index >= 15 is 0 Å². The van der Waals surface area contributed by atoms with Crippen LogP contribution in [0.1, 0.15) is 113 Å². The molecule has 0 aromatic carbocycles. The van der Waals surface area contributed by atoms with E-state index in [9.17, 15) is 97.0 Å². The molecule has 89 heavy (non-hydrogen) atoms. The Morgan fingerprint density at radius 2 is 1.06 bits per heavy atom. The van der Waals surface area contributed by atoms with Crippen LogP contribution in [0.25, 0.3) is 0 Å². The predicted molar refractivity (Wildman–Crippen MR) is 303 cm³/mol. The van der Waals surface area contributed by atoms with E-state index in [2.05, 4.69) is 33.8 Å². The maximum atomic E-state index is 12.8. The van der Waals surface area contributed by atoms with Crippen molar-refractivity contribution in [3.05, 3.63) is 11.6 Å². The van der Waals surface area contributed by atoms with Gasteiger partial charge in [-0.3, -0.25) is 0 Å². The van der Waals surface area contributed by atoms with Crippen LogP contribution in [0.3, 0.4) is 0 Å². The summed E-state index contributed by atoms with van der Waals surface area (Å²) in [4.78, 5) is 0. The number of allylic oxidation sites excluding steroid dienone is 1. The zero-order chi connectivity index (χ0) is 65.5. The molecule has 5 aliphatic carbocycles. The summed E-state index contributed by atoms with van der Waals surface area (Å²) in [5.74, 6) is -0.915. The number of fused-ring (bicyclic) bond motifs is 5. The molecule has 9 aliphatic rings. The van der Waals surface area contributed by atoms with Crippen LogP contribution >= 0.6 is 0 Å². The fourth-order valence-electron chi connectivity index (χ4n) is 17.5. The highest BCUT2D eigenvalue weighted by molar-refractivity contribution is 5.32. The van der Waals surface area contributed by atoms with E-state index in [1.807, 2.05) is 13.8 Å². The van der Waals surface area contributed by atoms with Gasteiger partial charge < -0.3 is 140 Å². The Kier molecular flexibility index (Phi) is 22.3. The smallest absolute Gasteiger partial charge is 0.187 e. The zero-order valence-corrected chi connectivity index (χ0v) is 52.1. The second-order valence-electron chi connectivity index (χ2n) is 29.2. The van der Waals surface area contributed by atoms with Crippen LogP contribution < -0.4 is 0 Å². The first-order valence-corrected chi connectivity index (χ1v) is 31.9. The van der Waals surface area contributed by atoms with Gasteiger partial charge in [-0.15, -0.1) is 0 Å². The highest BCUT2D eigenvalue weighted by Gasteiger charge is 2.70. The average Bonchev–Trinajstić information content (AvgIpc) is 1.66. The van der Waals surface area contributed by atoms with E-state index in [1.54, 1.807) is 0 Å². The van der Waals surface area contributed by atoms with Crippen molar-refractivity contribution in [2.45, 2.75) is 284 Å². The van der Waals surface area contributed by atoms with E-state index in [-0.39, 0.29) is 47.3 Å². The minimum atomic E-state index is -1.88. The lowest BCUT2D eigenvalue weighted by molar-refractivity contribution is -0.354. The van der Waals surface area contributed by atoms with Crippen LogP contribution in [0.4, 0.5) is 0 Å². The Balaban J connectivity index is 0.883. The summed E-state index contributed by atoms with van der Waals surface area (Å²) in [6, 6.07) is 0. The van der Waals surface area contributed by atoms with Gasteiger partial charge in [0.2, 0.25) is 0 Å². The Bertz CT molecular complexity index is 2340. The third kappa shape index (κ3) is 13.1. The highest BCUT2D eigenvalue weighted by Crippen LogP contribution is 2.75. The van der Waals surface area contributed by atoms with E-state index in [1.165, 1.54) is 13.8 Å². The van der Waals surface area contributed by atoms with E-state index in [4.69, 9.17) is 42.6 Å². The summed E-state index contributed by atoms with van der Waals surface area (Å²) >= 11 is 0. The van der Waals surface area contributed by atoms with Crippen molar-refractivity contribution in [1.82, 2.24) is 0 Å². The van der Waals surface area contributed by atoms with Crippen LogP contribution in [0.2, 0.25) is 0 Å². The molecule has 0 radical (unpaired) electrons. The number of rotatable bonds is 20. The summed E-state index contributed by atoms with van der Waals surface area (Å²) < 4.78 is 54.1. The van der Waals surface area contributed by atoms with Gasteiger partial charge in [-0.1, -0.05) is 53.2 Å². The van der Waals surface area contributed by atoms with Gasteiger partial charge in [-0.2, -0.15) is 0 Å². The zero-order valence-electron chi connectivity index (χ0n) is 52.1. The number of aliphatic hydroxyl groups is 19. The Morgan fingerprint density at radius 1 is 0.551 bits per heavy atom. The van der Waals surface area contributed by atoms with Crippen molar-refractivity contribution >= 4 is 0 Å². The summed E-state index contributed by atoms with van der Waals surface area (Å²) in [7, 11) is 0. The molecule has 16 unspecified atom stereocenters. The van der Waals surface area contributed by atoms with Gasteiger partial charge in [0.25, 0.3) is 0 Å². The molecule has 4 aliphatic heterocycles. The molecular formula is C61H104O28. The van der Waals surface area contributed by atoms with E-state index < -0.39 is 221 Å². The van der Waals surface area contributed by atoms with Crippen LogP contribution in [0, 0.1) is 51.2 Å². The number of hydrogen-bond acceptors (Lipinski definition) is 28. The molecule has 0 aromatic rings. The van der Waals surface area contributed by atoms with Crippen molar-refractivity contribution < 1.29 is 140 Å². The molecule has 4 saturated heterocycles. The molecule has 28 nitrogen and oxygen atoms in total. The number of aliphatic hydroxyl groups excluding tert-OH is 18. The summed E-state index contributed by atoms with van der Waals surface area (Å²) in [6.45, 7) is 13.0. The number of hydrogen-bond donors (Lipinski definition) is 19. The molecule has 28 heteroatoms. The molecular weight excluding hydrogens is 1180 g/mol. The lowest BCUT2D eigenvalue weighted by Crippen LogP contribution is -2.65. The topological polar surface area (TPSA) is 467 Å². The number of ether oxygens (including phenoxy) is 9. The van der Waals surface area contributed by atoms with Gasteiger partial charge in [0.15, 0.2) is 25.2 Å². The second kappa shape index (κ2) is 27.6. The van der Waals surface area contributed by atoms with Crippen LogP contribution in [-0.2, 0) is 42.6 Å². The first-order chi connectivity index (χ1) is 41.6. The van der Waals surface area contributed by atoms with Crippen molar-refractivity contribution in [1.29, 1.82) is 0 Å². The Morgan fingerprint density at radius 3 is 1.60 bits per heavy atom. The lowest BCUT2D eigenvalue weighted by atomic mass is 9.38. The van der Waals surface area contributed by atoms with Crippen LogP contribution in [0.5, 0.6) is 0 Å². The van der Waals surface area contributed by atoms with Gasteiger partial charge >= 0.3 is 0 Å². The molecule has 0 amide bonds. The standard InChI is InChI=1S/C61H104O28/c1-24(9-13-37(58(4,5)80)89-56-52(83-29-17-25(19-62)38(66)44(72)39(29)67)48(76)43(71)33(87-56)23-82-54-50(78)46(74)41(69)31(21-64)85-54)26-15-16-59(6)34-12-10-27-28(61(34,8)35(65)18-60(26,59)7)11-14-36(57(27,2)3)88-55-51(79)47(75)42(70)32(86-55)22-81-53-49(77)45(73)40(68)30(20-63)84-53/h10,24-26,28-56,62-80H,9,11-23H2,1-8H3/t24?,25?,26-,28?,29-,30?,31?,32?,33?,34?,35+,36?,37?,38+,39-,40-,41+,42-,43+,44?,45-,46?,47-,48?,49?,50+,51?,52+,53+,54-,55-,56+,59-,60?,61+/m0/s1. The lowest BCUT2D eigenvalue weighted by Gasteiger charge is -2.67. The molecule has 9 rings (SSSR count). The third-order valence-corrected chi connectivity index (χ3v) is 23.4. The molecule has 0 spiro atoms. The first-order valence-electron chi connectivity index (χ1n) is 31.9. The fraction of sp³-hybridized carbons (Fsp3) is 0.967. The van der Waals surface area contributed by atoms with Crippen LogP contribution in [0.15, 0.2) is 11.6 Å². The maximum Gasteiger partial charge on any atom is 0.187 e. The van der Waals surface area contributed by atoms with Gasteiger partial charge in [0.05, 0.1) is 62.5 Å². The molecule has 0 aromatic heterocycles. The van der Waals surface area contributed by atoms with Gasteiger partial charge in [0.1, 0.15) is 110 Å². The van der Waals surface area contributed by atoms with E-state index in [0.717, 1.165) is 18.4 Å². The first kappa shape index (κ1) is 71.9. The minimum absolute atomic E-state index is 0.0175. The van der Waals surface area contributed by atoms with Crippen molar-refractivity contribution in [3.63, 3.8) is 0 Å². The maximum absolute atomic E-state index is 12.8. The summed E-state index contributed by atoms with van der Waals surface area (Å²) in [6.07, 6.45) is -34.4. The largest absolute Gasteiger partial charge is 0.396 e. The molecule has 8 fully saturated rings. The van der Waals surface area contributed by atoms with Crippen molar-refractivity contribution in [2.75, 3.05) is 33.0 Å². The van der Waals surface area contributed by atoms with Crippen molar-refractivity contribution in [3.8, 4) is 0 Å². The van der Waals surface area contributed by atoms with Crippen molar-refractivity contribution in [2.24, 2.45) is 51.2 Å². The molecule has 19 N–H and O–H groups in total. The normalized spacial score (nSPS) is 51.8. The minimum Gasteiger partial charge on any atom is -0.396 e. The second-order valence-corrected chi connectivity index (χ2v) is 29.2. The van der Waals surface area contributed by atoms with Crippen LogP contribution in [-0.4, -0.2) is 301 Å². The monoisotopic (exact) mass is 1280 g/mol. The quantitative estimate of drug-likeness (QED) is 0.0509. The Labute approximate surface area is 518 Å². The molecule has 35 atom stereocenters. The Hall–Kier alpha value is -1.38. The predicted octanol–water partition coefficient (Wildman–Crippen LogP) is -4.74. The summed E-state index contributed by atoms with van der Waals surface area (Å²) in [5, 5.41) is 206. The third-order valence-electron chi connectivity index (χ3n) is 23.4. The highest BCUT2D eigenvalue weighted by atomic mass is 16.8. The van der Waals surface area contributed by atoms with Gasteiger partial charge in [-0.05, 0) is 106 Å². The molecule has 516 valence electrons. The SMILES string of the molecule is CC(CCC(O[C@H]1OC(CO[C@H]2OC(CO)[C@@H](O)C(O)[C@H]2O)[C@@H](O)C(O)[C@H]1O[C@H]1CC(CO)[C@@H](O)C(O)[C@H]1O)C(C)(C)O)[C@@H]1CC[C@@]2(C)C3CC=C4C(CCC(O[C@@H]5OC(CO[C@@H]6OC(CO)[C@H](O)[C@H](O)C6O)[C@H](O)[C@H](O)C5O)C4(C)C)[C@@]3(C)[C@H](O)CC12C. The molecule has 4 saturated carbocycles. The summed E-state index contributed by atoms with van der Waals surface area (Å²) in [5.41, 5.74) is -2.41. The fourth-order valence-corrected chi connectivity index (χ4v) is 17.5. The molecule has 4 heterocycles. The van der Waals surface area contributed by atoms with E-state index in [0.29, 0.717) is 32.1 Å².